The molecule has 8 heteroatoms. The normalized spacial score (nSPS) is 10.9. The number of hydrogen-bond donors (Lipinski definition) is 4. The van der Waals surface area contributed by atoms with Gasteiger partial charge in [0.1, 0.15) is 11.5 Å². The summed E-state index contributed by atoms with van der Waals surface area (Å²) in [5.41, 5.74) is 7.86. The third kappa shape index (κ3) is 5.84. The van der Waals surface area contributed by atoms with Gasteiger partial charge >= 0.3 is 0 Å². The number of benzene rings is 4. The zero-order valence-corrected chi connectivity index (χ0v) is 23.3. The Morgan fingerprint density at radius 3 is 1.37 bits per heavy atom. The third-order valence-corrected chi connectivity index (χ3v) is 7.13. The van der Waals surface area contributed by atoms with Gasteiger partial charge in [-0.25, -0.2) is 9.97 Å². The Labute approximate surface area is 246 Å². The SMILES string of the molecule is Oc1ccc(Cc2ccc(O)c(-c3cc(-c4ccccc4)nc(=S)[nH]3)c2)cc1-c1cc(-c2ccccc2)nc(=S)[nH]1. The van der Waals surface area contributed by atoms with Crippen LogP contribution in [0.2, 0.25) is 0 Å². The van der Waals surface area contributed by atoms with Crippen molar-refractivity contribution in [1.82, 2.24) is 19.9 Å². The predicted octanol–water partition coefficient (Wildman–Crippen LogP) is 8.26. The van der Waals surface area contributed by atoms with E-state index in [-0.39, 0.29) is 11.5 Å². The first-order chi connectivity index (χ1) is 19.9. The second kappa shape index (κ2) is 11.3. The van der Waals surface area contributed by atoms with Crippen LogP contribution in [0.4, 0.5) is 0 Å². The molecule has 0 bridgehead atoms. The van der Waals surface area contributed by atoms with Crippen molar-refractivity contribution in [3.63, 3.8) is 0 Å². The number of H-pyrrole nitrogens is 2. The Hall–Kier alpha value is -4.92. The fourth-order valence-electron chi connectivity index (χ4n) is 4.77. The summed E-state index contributed by atoms with van der Waals surface area (Å²) in [6, 6.07) is 34.3. The van der Waals surface area contributed by atoms with E-state index in [0.29, 0.717) is 38.5 Å². The number of phenols is 2. The van der Waals surface area contributed by atoms with Crippen LogP contribution in [0.25, 0.3) is 45.0 Å². The fraction of sp³-hybridized carbons (Fsp3) is 0.0303. The molecule has 0 aliphatic rings. The van der Waals surface area contributed by atoms with E-state index in [4.69, 9.17) is 24.4 Å². The highest BCUT2D eigenvalue weighted by molar-refractivity contribution is 7.71. The Bertz CT molecular complexity index is 1840. The third-order valence-electron chi connectivity index (χ3n) is 6.74. The van der Waals surface area contributed by atoms with Crippen LogP contribution in [0.3, 0.4) is 0 Å². The molecule has 4 aromatic carbocycles. The van der Waals surface area contributed by atoms with Gasteiger partial charge in [0.25, 0.3) is 0 Å². The molecule has 6 nitrogen and oxygen atoms in total. The van der Waals surface area contributed by atoms with E-state index >= 15 is 0 Å². The summed E-state index contributed by atoms with van der Waals surface area (Å²) in [5, 5.41) is 21.5. The Kier molecular flexibility index (Phi) is 7.24. The number of nitrogens with one attached hydrogen (secondary N) is 2. The maximum absolute atomic E-state index is 10.8. The van der Waals surface area contributed by atoms with Gasteiger partial charge in [0.2, 0.25) is 0 Å². The van der Waals surface area contributed by atoms with E-state index in [1.807, 2.05) is 97.1 Å². The van der Waals surface area contributed by atoms with E-state index in [1.165, 1.54) is 0 Å². The number of phenolic OH excluding ortho intramolecular Hbond substituents is 2. The van der Waals surface area contributed by atoms with Crippen LogP contribution in [-0.4, -0.2) is 30.1 Å². The lowest BCUT2D eigenvalue weighted by Gasteiger charge is -2.12. The standard InChI is InChI=1S/C33H24N4O2S2/c38-30-13-11-20(16-24(30)28-18-26(34-32(40)36-28)22-7-3-1-4-8-22)15-21-12-14-31(39)25(17-21)29-19-27(35-33(41)37-29)23-9-5-2-6-10-23/h1-14,16-19,38-39H,15H2,(H,34,36,40)(H,35,37,41). The molecule has 41 heavy (non-hydrogen) atoms. The van der Waals surface area contributed by atoms with Gasteiger partial charge in [-0.15, -0.1) is 0 Å². The molecule has 0 saturated carbocycles. The summed E-state index contributed by atoms with van der Waals surface area (Å²) >= 11 is 10.8. The number of nitrogens with zero attached hydrogens (tertiary/aromatic N) is 2. The maximum atomic E-state index is 10.8. The highest BCUT2D eigenvalue weighted by Crippen LogP contribution is 2.34. The molecule has 2 aromatic heterocycles. The zero-order valence-electron chi connectivity index (χ0n) is 21.7. The van der Waals surface area contributed by atoms with Crippen LogP contribution in [0.15, 0.2) is 109 Å². The van der Waals surface area contributed by atoms with Crippen molar-refractivity contribution >= 4 is 24.4 Å². The minimum atomic E-state index is 0.133. The van der Waals surface area contributed by atoms with Crippen LogP contribution in [0.5, 0.6) is 11.5 Å². The summed E-state index contributed by atoms with van der Waals surface area (Å²) in [6.45, 7) is 0. The smallest absolute Gasteiger partial charge is 0.197 e. The van der Waals surface area contributed by atoms with Crippen LogP contribution < -0.4 is 0 Å². The Morgan fingerprint density at radius 2 is 0.951 bits per heavy atom. The van der Waals surface area contributed by atoms with Gasteiger partial charge in [-0.1, -0.05) is 72.8 Å². The van der Waals surface area contributed by atoms with Gasteiger partial charge in [-0.2, -0.15) is 0 Å². The lowest BCUT2D eigenvalue weighted by molar-refractivity contribution is 0.476. The average Bonchev–Trinajstić information content (AvgIpc) is 2.99. The van der Waals surface area contributed by atoms with Gasteiger partial charge in [0, 0.05) is 22.3 Å². The van der Waals surface area contributed by atoms with Gasteiger partial charge in [-0.05, 0) is 78.4 Å². The van der Waals surface area contributed by atoms with Gasteiger partial charge in [0.15, 0.2) is 9.54 Å². The fourth-order valence-corrected chi connectivity index (χ4v) is 5.19. The Morgan fingerprint density at radius 1 is 0.537 bits per heavy atom. The van der Waals surface area contributed by atoms with Gasteiger partial charge in [0.05, 0.1) is 22.8 Å². The quantitative estimate of drug-likeness (QED) is 0.150. The van der Waals surface area contributed by atoms with Crippen LogP contribution in [0, 0.1) is 9.54 Å². The van der Waals surface area contributed by atoms with E-state index in [0.717, 1.165) is 33.6 Å². The molecular weight excluding hydrogens is 549 g/mol. The average molecular weight is 573 g/mol. The highest BCUT2D eigenvalue weighted by atomic mass is 32.1. The molecule has 0 fully saturated rings. The molecule has 0 spiro atoms. The van der Waals surface area contributed by atoms with Gasteiger partial charge < -0.3 is 20.2 Å². The summed E-state index contributed by atoms with van der Waals surface area (Å²) in [7, 11) is 0. The van der Waals surface area contributed by atoms with Crippen molar-refractivity contribution in [3.05, 3.63) is 130 Å². The van der Waals surface area contributed by atoms with E-state index < -0.39 is 0 Å². The van der Waals surface area contributed by atoms with Crippen molar-refractivity contribution in [3.8, 4) is 56.5 Å². The first kappa shape index (κ1) is 26.3. The lowest BCUT2D eigenvalue weighted by Crippen LogP contribution is -1.95. The van der Waals surface area contributed by atoms with Crippen LogP contribution >= 0.6 is 24.4 Å². The van der Waals surface area contributed by atoms with Crippen molar-refractivity contribution in [2.24, 2.45) is 0 Å². The largest absolute Gasteiger partial charge is 0.507 e. The molecule has 200 valence electrons. The Balaban J connectivity index is 1.35. The summed E-state index contributed by atoms with van der Waals surface area (Å²) in [6.07, 6.45) is 0.565. The molecule has 0 unspecified atom stereocenters. The van der Waals surface area contributed by atoms with Crippen molar-refractivity contribution in [1.29, 1.82) is 0 Å². The predicted molar refractivity (Wildman–Crippen MR) is 167 cm³/mol. The summed E-state index contributed by atoms with van der Waals surface area (Å²) in [4.78, 5) is 15.2. The maximum Gasteiger partial charge on any atom is 0.197 e. The number of rotatable bonds is 6. The molecule has 0 aliphatic carbocycles. The lowest BCUT2D eigenvalue weighted by atomic mass is 9.97. The molecule has 6 aromatic rings. The molecule has 0 radical (unpaired) electrons. The first-order valence-electron chi connectivity index (χ1n) is 12.9. The van der Waals surface area contributed by atoms with E-state index in [2.05, 4.69) is 19.9 Å². The van der Waals surface area contributed by atoms with Crippen molar-refractivity contribution in [2.45, 2.75) is 6.42 Å². The monoisotopic (exact) mass is 572 g/mol. The molecule has 0 saturated heterocycles. The molecule has 2 heterocycles. The molecule has 0 aliphatic heterocycles. The number of aromatic hydroxyl groups is 2. The molecule has 4 N–H and O–H groups in total. The topological polar surface area (TPSA) is 97.8 Å². The number of aromatic nitrogens is 4. The molecule has 0 amide bonds. The molecular formula is C33H24N4O2S2. The zero-order chi connectivity index (χ0) is 28.3. The molecule has 6 rings (SSSR count). The van der Waals surface area contributed by atoms with Gasteiger partial charge in [-0.3, -0.25) is 0 Å². The summed E-state index contributed by atoms with van der Waals surface area (Å²) < 4.78 is 0.665. The van der Waals surface area contributed by atoms with Crippen LogP contribution in [-0.2, 0) is 6.42 Å². The number of hydrogen-bond acceptors (Lipinski definition) is 6. The minimum absolute atomic E-state index is 0.133. The second-order valence-corrected chi connectivity index (χ2v) is 10.4. The summed E-state index contributed by atoms with van der Waals surface area (Å²) in [5.74, 6) is 0.266. The highest BCUT2D eigenvalue weighted by Gasteiger charge is 2.13. The van der Waals surface area contributed by atoms with Crippen LogP contribution in [0.1, 0.15) is 11.1 Å². The second-order valence-electron chi connectivity index (χ2n) is 9.58. The first-order valence-corrected chi connectivity index (χ1v) is 13.7. The van der Waals surface area contributed by atoms with Crippen molar-refractivity contribution in [2.75, 3.05) is 0 Å². The minimum Gasteiger partial charge on any atom is -0.507 e. The van der Waals surface area contributed by atoms with Crippen molar-refractivity contribution < 1.29 is 10.2 Å². The van der Waals surface area contributed by atoms with E-state index in [9.17, 15) is 10.2 Å². The molecule has 0 atom stereocenters. The van der Waals surface area contributed by atoms with E-state index in [1.54, 1.807) is 12.1 Å². The number of aromatic amines is 2.